The van der Waals surface area contributed by atoms with Gasteiger partial charge in [-0.3, -0.25) is 0 Å². The molecule has 0 amide bonds. The number of likely N-dealkylation sites (N-methyl/N-ethyl adjacent to an activating group) is 2. The molecule has 0 saturated carbocycles. The minimum absolute atomic E-state index is 1.02. The molecule has 1 aromatic heterocycles. The lowest BCUT2D eigenvalue weighted by atomic mass is 10.5. The Morgan fingerprint density at radius 1 is 1.14 bits per heavy atom. The van der Waals surface area contributed by atoms with Gasteiger partial charge in [-0.1, -0.05) is 0 Å². The molecule has 0 atom stereocenters. The van der Waals surface area contributed by atoms with E-state index in [0.29, 0.717) is 0 Å². The summed E-state index contributed by atoms with van der Waals surface area (Å²) < 4.78 is 2.10. The molecule has 4 heteroatoms. The van der Waals surface area contributed by atoms with Gasteiger partial charge in [0.1, 0.15) is 0 Å². The predicted molar refractivity (Wildman–Crippen MR) is 58.3 cm³/mol. The van der Waals surface area contributed by atoms with Crippen LogP contribution >= 0.6 is 0 Å². The predicted octanol–water partition coefficient (Wildman–Crippen LogP) is 0.377. The van der Waals surface area contributed by atoms with Gasteiger partial charge in [-0.2, -0.15) is 0 Å². The van der Waals surface area contributed by atoms with Crippen LogP contribution in [0.4, 0.5) is 0 Å². The number of rotatable bonds is 6. The van der Waals surface area contributed by atoms with Crippen molar-refractivity contribution in [1.82, 2.24) is 19.4 Å². The molecule has 14 heavy (non-hydrogen) atoms. The van der Waals surface area contributed by atoms with Crippen LogP contribution in [0.3, 0.4) is 0 Å². The minimum atomic E-state index is 1.02. The van der Waals surface area contributed by atoms with Crippen molar-refractivity contribution in [2.45, 2.75) is 6.54 Å². The third kappa shape index (κ3) is 4.39. The van der Waals surface area contributed by atoms with Crippen molar-refractivity contribution in [2.75, 3.05) is 40.8 Å². The van der Waals surface area contributed by atoms with Gasteiger partial charge in [0, 0.05) is 38.6 Å². The first-order valence-electron chi connectivity index (χ1n) is 4.97. The second-order valence-corrected chi connectivity index (χ2v) is 3.91. The van der Waals surface area contributed by atoms with Crippen molar-refractivity contribution >= 4 is 0 Å². The molecule has 0 saturated heterocycles. The van der Waals surface area contributed by atoms with E-state index in [1.54, 1.807) is 0 Å². The highest BCUT2D eigenvalue weighted by Crippen LogP contribution is 1.89. The summed E-state index contributed by atoms with van der Waals surface area (Å²) in [4.78, 5) is 8.55. The maximum Gasteiger partial charge on any atom is 0.0946 e. The fourth-order valence-corrected chi connectivity index (χ4v) is 1.19. The van der Waals surface area contributed by atoms with E-state index in [0.717, 1.165) is 26.2 Å². The second-order valence-electron chi connectivity index (χ2n) is 3.91. The van der Waals surface area contributed by atoms with Crippen molar-refractivity contribution < 1.29 is 0 Å². The van der Waals surface area contributed by atoms with Crippen molar-refractivity contribution in [3.8, 4) is 0 Å². The summed E-state index contributed by atoms with van der Waals surface area (Å²) in [6.07, 6.45) is 5.68. The fraction of sp³-hybridized carbons (Fsp3) is 0.700. The summed E-state index contributed by atoms with van der Waals surface area (Å²) in [7, 11) is 6.36. The number of hydrogen-bond donors (Lipinski definition) is 0. The molecule has 80 valence electrons. The molecule has 4 nitrogen and oxygen atoms in total. The lowest BCUT2D eigenvalue weighted by Crippen LogP contribution is -2.30. The van der Waals surface area contributed by atoms with Crippen molar-refractivity contribution in [1.29, 1.82) is 0 Å². The highest BCUT2D eigenvalue weighted by atomic mass is 15.2. The zero-order chi connectivity index (χ0) is 10.4. The molecule has 0 bridgehead atoms. The maximum absolute atomic E-state index is 4.01. The highest BCUT2D eigenvalue weighted by molar-refractivity contribution is 4.74. The molecule has 0 radical (unpaired) electrons. The summed E-state index contributed by atoms with van der Waals surface area (Å²) in [6.45, 7) is 4.32. The monoisotopic (exact) mass is 196 g/mol. The molecule has 0 unspecified atom stereocenters. The van der Waals surface area contributed by atoms with Crippen molar-refractivity contribution in [3.63, 3.8) is 0 Å². The molecule has 1 aromatic rings. The van der Waals surface area contributed by atoms with Crippen LogP contribution in [0.1, 0.15) is 0 Å². The lowest BCUT2D eigenvalue weighted by molar-refractivity contribution is 0.273. The molecule has 0 spiro atoms. The van der Waals surface area contributed by atoms with Crippen LogP contribution in [0.5, 0.6) is 0 Å². The van der Waals surface area contributed by atoms with E-state index in [-0.39, 0.29) is 0 Å². The molecule has 1 heterocycles. The summed E-state index contributed by atoms with van der Waals surface area (Å²) in [5.41, 5.74) is 0. The lowest BCUT2D eigenvalue weighted by Gasteiger charge is -2.19. The van der Waals surface area contributed by atoms with E-state index in [1.807, 2.05) is 18.7 Å². The number of nitrogens with zero attached hydrogens (tertiary/aromatic N) is 4. The van der Waals surface area contributed by atoms with E-state index >= 15 is 0 Å². The number of hydrogen-bond acceptors (Lipinski definition) is 3. The van der Waals surface area contributed by atoms with Crippen LogP contribution < -0.4 is 0 Å². The van der Waals surface area contributed by atoms with Gasteiger partial charge in [-0.05, 0) is 21.1 Å². The molecule has 0 aliphatic heterocycles. The van der Waals surface area contributed by atoms with Gasteiger partial charge in [0.2, 0.25) is 0 Å². The van der Waals surface area contributed by atoms with Gasteiger partial charge in [0.05, 0.1) is 6.33 Å². The Labute approximate surface area is 86.1 Å². The molecular formula is C10H20N4. The minimum Gasteiger partial charge on any atom is -0.336 e. The van der Waals surface area contributed by atoms with Gasteiger partial charge < -0.3 is 14.4 Å². The fourth-order valence-electron chi connectivity index (χ4n) is 1.19. The molecule has 0 fully saturated rings. The van der Waals surface area contributed by atoms with E-state index in [9.17, 15) is 0 Å². The quantitative estimate of drug-likeness (QED) is 0.657. The van der Waals surface area contributed by atoms with Crippen LogP contribution in [0, 0.1) is 0 Å². The maximum atomic E-state index is 4.01. The first-order chi connectivity index (χ1) is 6.68. The van der Waals surface area contributed by atoms with Crippen LogP contribution in [0.15, 0.2) is 18.7 Å². The summed E-state index contributed by atoms with van der Waals surface area (Å²) in [5.74, 6) is 0. The van der Waals surface area contributed by atoms with Gasteiger partial charge >= 0.3 is 0 Å². The first kappa shape index (κ1) is 11.2. The Morgan fingerprint density at radius 3 is 2.50 bits per heavy atom. The molecule has 0 aliphatic carbocycles. The van der Waals surface area contributed by atoms with Gasteiger partial charge in [0.15, 0.2) is 0 Å². The Kier molecular flexibility index (Phi) is 4.62. The molecule has 0 aromatic carbocycles. The van der Waals surface area contributed by atoms with E-state index in [4.69, 9.17) is 0 Å². The van der Waals surface area contributed by atoms with Gasteiger partial charge in [0.25, 0.3) is 0 Å². The van der Waals surface area contributed by atoms with Crippen molar-refractivity contribution in [2.24, 2.45) is 0 Å². The second kappa shape index (κ2) is 5.78. The summed E-state index contributed by atoms with van der Waals surface area (Å²) in [5, 5.41) is 0. The third-order valence-corrected chi connectivity index (χ3v) is 2.23. The van der Waals surface area contributed by atoms with Gasteiger partial charge in [-0.25, -0.2) is 4.98 Å². The third-order valence-electron chi connectivity index (χ3n) is 2.23. The Morgan fingerprint density at radius 2 is 1.93 bits per heavy atom. The van der Waals surface area contributed by atoms with Crippen LogP contribution in [-0.2, 0) is 6.54 Å². The Hall–Kier alpha value is -0.870. The van der Waals surface area contributed by atoms with E-state index < -0.39 is 0 Å². The Balaban J connectivity index is 2.12. The standard InChI is InChI=1S/C10H20N4/c1-12(2)6-7-13(3)8-9-14-5-4-11-10-14/h4-5,10H,6-9H2,1-3H3. The average molecular weight is 196 g/mol. The first-order valence-corrected chi connectivity index (χ1v) is 4.97. The molecule has 1 rings (SSSR count). The highest BCUT2D eigenvalue weighted by Gasteiger charge is 1.99. The van der Waals surface area contributed by atoms with Crippen LogP contribution in [-0.4, -0.2) is 60.1 Å². The zero-order valence-electron chi connectivity index (χ0n) is 9.35. The molecule has 0 N–H and O–H groups in total. The van der Waals surface area contributed by atoms with E-state index in [1.165, 1.54) is 0 Å². The number of imidazole rings is 1. The average Bonchev–Trinajstić information content (AvgIpc) is 2.63. The summed E-state index contributed by atoms with van der Waals surface area (Å²) in [6, 6.07) is 0. The largest absolute Gasteiger partial charge is 0.336 e. The van der Waals surface area contributed by atoms with Crippen LogP contribution in [0.2, 0.25) is 0 Å². The number of aromatic nitrogens is 2. The zero-order valence-corrected chi connectivity index (χ0v) is 9.35. The normalized spacial score (nSPS) is 11.5. The smallest absolute Gasteiger partial charge is 0.0946 e. The van der Waals surface area contributed by atoms with Crippen LogP contribution in [0.25, 0.3) is 0 Å². The molecule has 0 aliphatic rings. The topological polar surface area (TPSA) is 24.3 Å². The van der Waals surface area contributed by atoms with Gasteiger partial charge in [-0.15, -0.1) is 0 Å². The van der Waals surface area contributed by atoms with E-state index in [2.05, 4.69) is 40.5 Å². The summed E-state index contributed by atoms with van der Waals surface area (Å²) >= 11 is 0. The van der Waals surface area contributed by atoms with Crippen molar-refractivity contribution in [3.05, 3.63) is 18.7 Å². The SMILES string of the molecule is CN(C)CCN(C)CCn1ccnc1. The molecular weight excluding hydrogens is 176 g/mol. The Bertz CT molecular complexity index is 230.